The van der Waals surface area contributed by atoms with Gasteiger partial charge < -0.3 is 14.3 Å². The van der Waals surface area contributed by atoms with Gasteiger partial charge in [-0.2, -0.15) is 13.2 Å². The molecular weight excluding hydrogens is 407 g/mol. The van der Waals surface area contributed by atoms with Crippen LogP contribution >= 0.6 is 11.3 Å². The largest absolute Gasteiger partial charge is 0.438 e. The fourth-order valence-electron chi connectivity index (χ4n) is 3.48. The highest BCUT2D eigenvalue weighted by atomic mass is 32.1. The minimum Gasteiger partial charge on any atom is -0.438 e. The smallest absolute Gasteiger partial charge is 0.437 e. The van der Waals surface area contributed by atoms with Gasteiger partial charge in [0, 0.05) is 18.7 Å². The molecule has 1 amide bonds. The fourth-order valence-corrected chi connectivity index (χ4v) is 4.57. The Kier molecular flexibility index (Phi) is 3.95. The van der Waals surface area contributed by atoms with Gasteiger partial charge in [-0.3, -0.25) is 4.79 Å². The second-order valence-electron chi connectivity index (χ2n) is 6.47. The van der Waals surface area contributed by atoms with E-state index < -0.39 is 29.6 Å². The lowest BCUT2D eigenvalue weighted by Gasteiger charge is -2.33. The molecule has 1 atom stereocenters. The van der Waals surface area contributed by atoms with Gasteiger partial charge in [0.1, 0.15) is 11.0 Å². The van der Waals surface area contributed by atoms with E-state index in [-0.39, 0.29) is 6.54 Å². The number of nitrogens with zero attached hydrogens (tertiary/aromatic N) is 4. The van der Waals surface area contributed by atoms with Gasteiger partial charge in [0.15, 0.2) is 12.1 Å². The minimum absolute atomic E-state index is 0.187. The van der Waals surface area contributed by atoms with Gasteiger partial charge in [0.2, 0.25) is 5.76 Å². The van der Waals surface area contributed by atoms with Crippen LogP contribution < -0.4 is 0 Å². The number of hydrogen-bond acceptors (Lipinski definition) is 6. The van der Waals surface area contributed by atoms with Gasteiger partial charge in [-0.25, -0.2) is 15.0 Å². The molecule has 7 nitrogen and oxygen atoms in total. The second-order valence-corrected chi connectivity index (χ2v) is 7.53. The number of carbonyl (C=O) groups excluding carboxylic acids is 1. The summed E-state index contributed by atoms with van der Waals surface area (Å²) in [5, 5.41) is 0.570. The van der Waals surface area contributed by atoms with Crippen molar-refractivity contribution in [1.29, 1.82) is 0 Å². The summed E-state index contributed by atoms with van der Waals surface area (Å²) in [6, 6.07) is 6.74. The molecule has 0 spiro atoms. The van der Waals surface area contributed by atoms with Crippen molar-refractivity contribution in [3.05, 3.63) is 64.8 Å². The first kappa shape index (κ1) is 17.9. The van der Waals surface area contributed by atoms with Crippen LogP contribution in [0.2, 0.25) is 0 Å². The third-order valence-electron chi connectivity index (χ3n) is 4.76. The molecule has 148 valence electrons. The Balaban J connectivity index is 1.62. The Hall–Kier alpha value is -3.21. The molecular formula is C18H12F3N5O2S. The predicted octanol–water partition coefficient (Wildman–Crippen LogP) is 3.81. The quantitative estimate of drug-likeness (QED) is 0.534. The number of carbonyl (C=O) groups is 1. The summed E-state index contributed by atoms with van der Waals surface area (Å²) in [6.45, 7) is 0.187. The Morgan fingerprint density at radius 1 is 1.28 bits per heavy atom. The highest BCUT2D eigenvalue weighted by molar-refractivity contribution is 7.18. The predicted molar refractivity (Wildman–Crippen MR) is 96.3 cm³/mol. The number of para-hydroxylation sites is 1. The van der Waals surface area contributed by atoms with E-state index in [1.807, 2.05) is 24.3 Å². The standard InChI is InChI=1S/C18H12F3N5O2S/c19-18(20,21)15-14(28-8-24-15)17(27)26-6-5-10-12(23-7-22-10)13(26)16-25-9-3-1-2-4-11(9)29-16/h1-4,7-8,13H,5-6H2,(H,22,23)/t13-/m0/s1. The molecule has 1 aliphatic rings. The molecule has 0 fully saturated rings. The first-order chi connectivity index (χ1) is 13.9. The van der Waals surface area contributed by atoms with E-state index in [9.17, 15) is 18.0 Å². The molecule has 1 aliphatic heterocycles. The van der Waals surface area contributed by atoms with E-state index >= 15 is 0 Å². The molecule has 1 N–H and O–H groups in total. The highest BCUT2D eigenvalue weighted by Gasteiger charge is 2.44. The number of rotatable bonds is 2. The molecule has 0 aliphatic carbocycles. The summed E-state index contributed by atoms with van der Waals surface area (Å²) >= 11 is 1.37. The average Bonchev–Trinajstić information content (AvgIpc) is 3.44. The number of imidazole rings is 1. The second kappa shape index (κ2) is 6.41. The van der Waals surface area contributed by atoms with E-state index in [0.717, 1.165) is 15.9 Å². The Morgan fingerprint density at radius 2 is 2.10 bits per heavy atom. The Labute approximate surface area is 165 Å². The van der Waals surface area contributed by atoms with Crippen LogP contribution in [-0.4, -0.2) is 37.3 Å². The Morgan fingerprint density at radius 3 is 2.90 bits per heavy atom. The zero-order valence-electron chi connectivity index (χ0n) is 14.6. The molecule has 0 radical (unpaired) electrons. The molecule has 11 heteroatoms. The van der Waals surface area contributed by atoms with Crippen LogP contribution in [0.5, 0.6) is 0 Å². The summed E-state index contributed by atoms with van der Waals surface area (Å²) in [5.41, 5.74) is 0.806. The number of amides is 1. The van der Waals surface area contributed by atoms with Crippen LogP contribution in [0.1, 0.15) is 38.7 Å². The van der Waals surface area contributed by atoms with Crippen LogP contribution in [0.3, 0.4) is 0 Å². The number of H-pyrrole nitrogens is 1. The monoisotopic (exact) mass is 419 g/mol. The number of halogens is 3. The SMILES string of the molecule is O=C(c1ocnc1C(F)(F)F)N1CCc2[nH]cnc2[C@H]1c1nc2ccccc2s1. The molecule has 0 unspecified atom stereocenters. The van der Waals surface area contributed by atoms with E-state index in [4.69, 9.17) is 4.42 Å². The maximum Gasteiger partial charge on any atom is 0.437 e. The number of oxazole rings is 1. The van der Waals surface area contributed by atoms with Crippen LogP contribution in [-0.2, 0) is 12.6 Å². The molecule has 5 rings (SSSR count). The van der Waals surface area contributed by atoms with Crippen LogP contribution in [0, 0.1) is 0 Å². The van der Waals surface area contributed by atoms with E-state index in [2.05, 4.69) is 19.9 Å². The molecule has 3 aromatic heterocycles. The van der Waals surface area contributed by atoms with Crippen molar-refractivity contribution < 1.29 is 22.4 Å². The maximum absolute atomic E-state index is 13.2. The van der Waals surface area contributed by atoms with E-state index in [0.29, 0.717) is 23.5 Å². The minimum atomic E-state index is -4.80. The van der Waals surface area contributed by atoms with Crippen molar-refractivity contribution in [3.63, 3.8) is 0 Å². The summed E-state index contributed by atoms with van der Waals surface area (Å²) in [4.78, 5) is 29.6. The lowest BCUT2D eigenvalue weighted by Crippen LogP contribution is -2.41. The lowest BCUT2D eigenvalue weighted by atomic mass is 10.0. The van der Waals surface area contributed by atoms with Gasteiger partial charge in [-0.1, -0.05) is 12.1 Å². The van der Waals surface area contributed by atoms with Gasteiger partial charge in [0.25, 0.3) is 5.91 Å². The lowest BCUT2D eigenvalue weighted by molar-refractivity contribution is -0.141. The van der Waals surface area contributed by atoms with Gasteiger partial charge >= 0.3 is 6.18 Å². The summed E-state index contributed by atoms with van der Waals surface area (Å²) in [5.74, 6) is -1.73. The number of aromatic amines is 1. The molecule has 4 heterocycles. The number of hydrogen-bond donors (Lipinski definition) is 1. The molecule has 0 saturated heterocycles. The number of aromatic nitrogens is 4. The van der Waals surface area contributed by atoms with Crippen molar-refractivity contribution in [2.75, 3.05) is 6.54 Å². The van der Waals surface area contributed by atoms with Crippen molar-refractivity contribution >= 4 is 27.5 Å². The molecule has 0 saturated carbocycles. The van der Waals surface area contributed by atoms with Crippen molar-refractivity contribution in [3.8, 4) is 0 Å². The van der Waals surface area contributed by atoms with Crippen LogP contribution in [0.4, 0.5) is 13.2 Å². The molecule has 29 heavy (non-hydrogen) atoms. The number of thiazole rings is 1. The summed E-state index contributed by atoms with van der Waals surface area (Å²) < 4.78 is 45.5. The van der Waals surface area contributed by atoms with Crippen LogP contribution in [0.25, 0.3) is 10.2 Å². The van der Waals surface area contributed by atoms with Gasteiger partial charge in [0.05, 0.1) is 22.2 Å². The van der Waals surface area contributed by atoms with Crippen molar-refractivity contribution in [2.24, 2.45) is 0 Å². The van der Waals surface area contributed by atoms with E-state index in [1.165, 1.54) is 22.6 Å². The third kappa shape index (κ3) is 2.89. The normalized spacial score (nSPS) is 16.9. The van der Waals surface area contributed by atoms with Crippen LogP contribution in [0.15, 0.2) is 41.4 Å². The average molecular weight is 419 g/mol. The maximum atomic E-state index is 13.2. The van der Waals surface area contributed by atoms with Gasteiger partial charge in [-0.05, 0) is 12.1 Å². The fraction of sp³-hybridized carbons (Fsp3) is 0.222. The van der Waals surface area contributed by atoms with Gasteiger partial charge in [-0.15, -0.1) is 11.3 Å². The van der Waals surface area contributed by atoms with Crippen molar-refractivity contribution in [1.82, 2.24) is 24.8 Å². The first-order valence-corrected chi connectivity index (χ1v) is 9.44. The molecule has 4 aromatic rings. The number of alkyl halides is 3. The summed E-state index contributed by atoms with van der Waals surface area (Å²) in [6.07, 6.45) is -2.23. The zero-order chi connectivity index (χ0) is 20.2. The topological polar surface area (TPSA) is 87.9 Å². The number of nitrogens with one attached hydrogen (secondary N) is 1. The number of benzene rings is 1. The first-order valence-electron chi connectivity index (χ1n) is 8.62. The summed E-state index contributed by atoms with van der Waals surface area (Å²) in [7, 11) is 0. The molecule has 1 aromatic carbocycles. The third-order valence-corrected chi connectivity index (χ3v) is 5.85. The zero-order valence-corrected chi connectivity index (χ0v) is 15.4. The Bertz CT molecular complexity index is 1180. The van der Waals surface area contributed by atoms with Crippen molar-refractivity contribution in [2.45, 2.75) is 18.6 Å². The van der Waals surface area contributed by atoms with E-state index in [1.54, 1.807) is 0 Å². The molecule has 0 bridgehead atoms. The highest BCUT2D eigenvalue weighted by Crippen LogP contribution is 2.39. The number of fused-ring (bicyclic) bond motifs is 2.